The number of thioether (sulfide) groups is 1. The lowest BCUT2D eigenvalue weighted by Crippen LogP contribution is -2.47. The summed E-state index contributed by atoms with van der Waals surface area (Å²) in [5, 5.41) is 9.13. The van der Waals surface area contributed by atoms with Crippen LogP contribution in [-0.4, -0.2) is 38.1 Å². The van der Waals surface area contributed by atoms with E-state index in [4.69, 9.17) is 17.0 Å². The van der Waals surface area contributed by atoms with Crippen LogP contribution in [0.15, 0.2) is 24.3 Å². The molecule has 1 atom stereocenters. The number of Topliss-reactive ketones (excluding diaryl/α,β-unsaturated/α-hetero) is 1. The highest BCUT2D eigenvalue weighted by molar-refractivity contribution is 8.00. The zero-order valence-corrected chi connectivity index (χ0v) is 13.1. The number of ketones is 1. The molecule has 0 aromatic heterocycles. The smallest absolute Gasteiger partial charge is 0.229 e. The van der Waals surface area contributed by atoms with Crippen molar-refractivity contribution in [1.82, 2.24) is 4.90 Å². The van der Waals surface area contributed by atoms with Gasteiger partial charge in [0.25, 0.3) is 0 Å². The monoisotopic (exact) mass is 311 g/mol. The zero-order valence-electron chi connectivity index (χ0n) is 11.5. The number of hydrogen-bond donors (Lipinski definition) is 1. The van der Waals surface area contributed by atoms with E-state index in [9.17, 15) is 9.90 Å². The average molecular weight is 311 g/mol. The van der Waals surface area contributed by atoms with Crippen LogP contribution in [0.1, 0.15) is 20.3 Å². The fraction of sp³-hybridized carbons (Fsp3) is 0.429. The topological polar surface area (TPSA) is 49.8 Å². The third-order valence-corrected chi connectivity index (χ3v) is 4.63. The van der Waals surface area contributed by atoms with Crippen molar-refractivity contribution in [2.75, 3.05) is 12.3 Å². The molecule has 2 rings (SSSR count). The van der Waals surface area contributed by atoms with Crippen LogP contribution >= 0.6 is 24.0 Å². The van der Waals surface area contributed by atoms with Crippen LogP contribution in [0.2, 0.25) is 0 Å². The lowest BCUT2D eigenvalue weighted by atomic mass is 10.3. The van der Waals surface area contributed by atoms with E-state index in [1.807, 2.05) is 11.8 Å². The van der Waals surface area contributed by atoms with Gasteiger partial charge < -0.3 is 14.7 Å². The number of ether oxygens (including phenoxy) is 1. The molecule has 0 saturated carbocycles. The molecule has 0 spiro atoms. The second kappa shape index (κ2) is 6.01. The van der Waals surface area contributed by atoms with E-state index in [-0.39, 0.29) is 18.0 Å². The molecule has 1 N–H and O–H groups in total. The lowest BCUT2D eigenvalue weighted by Gasteiger charge is -2.36. The highest BCUT2D eigenvalue weighted by Crippen LogP contribution is 2.40. The van der Waals surface area contributed by atoms with Crippen molar-refractivity contribution in [2.45, 2.75) is 25.3 Å². The third-order valence-electron chi connectivity index (χ3n) is 3.04. The number of rotatable bonds is 4. The number of carbonyl (C=O) groups is 1. The molecule has 1 aliphatic rings. The van der Waals surface area contributed by atoms with Gasteiger partial charge >= 0.3 is 0 Å². The van der Waals surface area contributed by atoms with Crippen molar-refractivity contribution in [3.8, 4) is 11.5 Å². The van der Waals surface area contributed by atoms with Crippen LogP contribution < -0.4 is 4.74 Å². The number of para-hydroxylation sites is 2. The SMILES string of the molecule is CC(=O)CC(=S)N1CCSC1(C)Oc1ccccc1O. The Kier molecular flexibility index (Phi) is 4.55. The highest BCUT2D eigenvalue weighted by Gasteiger charge is 2.41. The van der Waals surface area contributed by atoms with Crippen molar-refractivity contribution in [2.24, 2.45) is 0 Å². The molecule has 1 saturated heterocycles. The van der Waals surface area contributed by atoms with Crippen LogP contribution in [-0.2, 0) is 4.79 Å². The van der Waals surface area contributed by atoms with Gasteiger partial charge in [-0.05, 0) is 19.1 Å². The van der Waals surface area contributed by atoms with Crippen LogP contribution in [0.4, 0.5) is 0 Å². The fourth-order valence-corrected chi connectivity index (χ4v) is 3.78. The predicted molar refractivity (Wildman–Crippen MR) is 84.2 cm³/mol. The third kappa shape index (κ3) is 3.24. The Bertz CT molecular complexity index is 535. The number of aromatic hydroxyl groups is 1. The first kappa shape index (κ1) is 15.1. The molecular formula is C14H17NO3S2. The Morgan fingerprint density at radius 3 is 2.90 bits per heavy atom. The Morgan fingerprint density at radius 1 is 1.55 bits per heavy atom. The minimum absolute atomic E-state index is 0.0387. The van der Waals surface area contributed by atoms with E-state index in [0.717, 1.165) is 12.3 Å². The summed E-state index contributed by atoms with van der Waals surface area (Å²) in [6, 6.07) is 6.84. The van der Waals surface area contributed by atoms with Gasteiger partial charge in [0.1, 0.15) is 5.78 Å². The maximum Gasteiger partial charge on any atom is 0.229 e. The molecule has 108 valence electrons. The summed E-state index contributed by atoms with van der Waals surface area (Å²) in [6.07, 6.45) is 0.246. The van der Waals surface area contributed by atoms with Gasteiger partial charge in [0, 0.05) is 19.2 Å². The molecule has 0 radical (unpaired) electrons. The summed E-state index contributed by atoms with van der Waals surface area (Å²) in [4.78, 5) is 13.7. The quantitative estimate of drug-likeness (QED) is 0.863. The maximum atomic E-state index is 11.2. The summed E-state index contributed by atoms with van der Waals surface area (Å²) < 4.78 is 5.95. The van der Waals surface area contributed by atoms with Gasteiger partial charge in [0.2, 0.25) is 5.06 Å². The van der Waals surface area contributed by atoms with Gasteiger partial charge in [-0.1, -0.05) is 36.1 Å². The molecule has 1 unspecified atom stereocenters. The molecule has 0 amide bonds. The van der Waals surface area contributed by atoms with Gasteiger partial charge in [-0.25, -0.2) is 0 Å². The minimum atomic E-state index is -0.689. The average Bonchev–Trinajstić information content (AvgIpc) is 2.73. The van der Waals surface area contributed by atoms with Gasteiger partial charge in [0.15, 0.2) is 11.5 Å². The van der Waals surface area contributed by atoms with Crippen molar-refractivity contribution < 1.29 is 14.6 Å². The van der Waals surface area contributed by atoms with Crippen molar-refractivity contribution >= 4 is 34.8 Å². The molecule has 1 fully saturated rings. The normalized spacial score (nSPS) is 21.8. The van der Waals surface area contributed by atoms with E-state index in [2.05, 4.69) is 0 Å². The molecule has 1 aromatic carbocycles. The van der Waals surface area contributed by atoms with Gasteiger partial charge in [0.05, 0.1) is 11.4 Å². The molecule has 1 aromatic rings. The molecule has 0 bridgehead atoms. The lowest BCUT2D eigenvalue weighted by molar-refractivity contribution is -0.116. The number of hydrogen-bond acceptors (Lipinski definition) is 5. The largest absolute Gasteiger partial charge is 0.504 e. The minimum Gasteiger partial charge on any atom is -0.504 e. The van der Waals surface area contributed by atoms with Crippen LogP contribution in [0, 0.1) is 0 Å². The maximum absolute atomic E-state index is 11.2. The van der Waals surface area contributed by atoms with Gasteiger partial charge in [-0.3, -0.25) is 4.79 Å². The fourth-order valence-electron chi connectivity index (χ4n) is 2.10. The van der Waals surface area contributed by atoms with E-state index >= 15 is 0 Å². The number of phenolic OH excluding ortho intramolecular Hbond substituents is 1. The van der Waals surface area contributed by atoms with Crippen LogP contribution in [0.3, 0.4) is 0 Å². The van der Waals surface area contributed by atoms with E-state index < -0.39 is 5.06 Å². The standard InChI is InChI=1S/C14H17NO3S2/c1-10(16)9-13(19)15-7-8-20-14(15,2)18-12-6-4-3-5-11(12)17/h3-6,17H,7-9H2,1-2H3. The number of phenols is 1. The van der Waals surface area contributed by atoms with E-state index in [1.54, 1.807) is 36.0 Å². The van der Waals surface area contributed by atoms with Crippen molar-refractivity contribution in [1.29, 1.82) is 0 Å². The molecule has 4 nitrogen and oxygen atoms in total. The first-order chi connectivity index (χ1) is 9.42. The Labute approximate surface area is 128 Å². The first-order valence-corrected chi connectivity index (χ1v) is 7.72. The number of nitrogens with zero attached hydrogens (tertiary/aromatic N) is 1. The molecule has 1 heterocycles. The van der Waals surface area contributed by atoms with Gasteiger partial charge in [-0.15, -0.1) is 0 Å². The summed E-state index contributed by atoms with van der Waals surface area (Å²) in [7, 11) is 0. The van der Waals surface area contributed by atoms with Crippen LogP contribution in [0.5, 0.6) is 11.5 Å². The molecule has 0 aliphatic carbocycles. The van der Waals surface area contributed by atoms with Crippen molar-refractivity contribution in [3.63, 3.8) is 0 Å². The summed E-state index contributed by atoms with van der Waals surface area (Å²) in [6.45, 7) is 4.17. The number of benzene rings is 1. The zero-order chi connectivity index (χ0) is 14.8. The Hall–Kier alpha value is -1.27. The first-order valence-electron chi connectivity index (χ1n) is 6.33. The second-order valence-electron chi connectivity index (χ2n) is 4.74. The molecule has 6 heteroatoms. The van der Waals surface area contributed by atoms with Crippen molar-refractivity contribution in [3.05, 3.63) is 24.3 Å². The summed E-state index contributed by atoms with van der Waals surface area (Å²) in [5.74, 6) is 1.41. The summed E-state index contributed by atoms with van der Waals surface area (Å²) in [5.41, 5.74) is 0. The highest BCUT2D eigenvalue weighted by atomic mass is 32.2. The van der Waals surface area contributed by atoms with Crippen LogP contribution in [0.25, 0.3) is 0 Å². The molecule has 20 heavy (non-hydrogen) atoms. The molecular weight excluding hydrogens is 294 g/mol. The number of thiocarbonyl (C=S) groups is 1. The Morgan fingerprint density at radius 2 is 2.25 bits per heavy atom. The van der Waals surface area contributed by atoms with Gasteiger partial charge in [-0.2, -0.15) is 0 Å². The van der Waals surface area contributed by atoms with E-state index in [1.165, 1.54) is 6.92 Å². The predicted octanol–water partition coefficient (Wildman–Crippen LogP) is 2.80. The molecule has 1 aliphatic heterocycles. The second-order valence-corrected chi connectivity index (χ2v) is 6.67. The Balaban J connectivity index is 2.17. The summed E-state index contributed by atoms with van der Waals surface area (Å²) >= 11 is 6.94. The van der Waals surface area contributed by atoms with E-state index in [0.29, 0.717) is 10.7 Å². The number of carbonyl (C=O) groups excluding carboxylic acids is 1.